The van der Waals surface area contributed by atoms with E-state index in [-0.39, 0.29) is 22.0 Å². The number of carboxylic acid groups (broad SMARTS) is 1. The third-order valence-electron chi connectivity index (χ3n) is 3.66. The van der Waals surface area contributed by atoms with Gasteiger partial charge in [-0.05, 0) is 42.5 Å². The fourth-order valence-electron chi connectivity index (χ4n) is 2.39. The average molecular weight is 483 g/mol. The van der Waals surface area contributed by atoms with Crippen molar-refractivity contribution in [3.63, 3.8) is 0 Å². The van der Waals surface area contributed by atoms with Gasteiger partial charge in [0, 0.05) is 4.47 Å². The smallest absolute Gasteiger partial charge is 0.337 e. The minimum atomic E-state index is -4.39. The van der Waals surface area contributed by atoms with E-state index in [4.69, 9.17) is 16.4 Å². The van der Waals surface area contributed by atoms with Gasteiger partial charge in [-0.3, -0.25) is 0 Å². The zero-order chi connectivity index (χ0) is 20.3. The van der Waals surface area contributed by atoms with E-state index in [1.165, 1.54) is 42.5 Å². The molecule has 0 atom stereocenters. The van der Waals surface area contributed by atoms with Gasteiger partial charge in [-0.2, -0.15) is 8.42 Å². The van der Waals surface area contributed by atoms with E-state index in [9.17, 15) is 18.3 Å². The second kappa shape index (κ2) is 8.22. The molecule has 3 aromatic carbocycles. The SMILES string of the molecule is O=C(O)c1ccccc1S(=O)(=O)N(Oc1ccc(Br)cc1Cl)c1ccccc1. The van der Waals surface area contributed by atoms with Crippen LogP contribution in [0, 0.1) is 0 Å². The maximum atomic E-state index is 13.3. The highest BCUT2D eigenvalue weighted by Crippen LogP contribution is 2.32. The molecule has 0 aliphatic carbocycles. The number of halogens is 2. The molecule has 3 aromatic rings. The molecule has 28 heavy (non-hydrogen) atoms. The molecule has 1 N–H and O–H groups in total. The van der Waals surface area contributed by atoms with E-state index in [1.54, 1.807) is 30.3 Å². The van der Waals surface area contributed by atoms with Crippen LogP contribution >= 0.6 is 27.5 Å². The van der Waals surface area contributed by atoms with E-state index < -0.39 is 20.9 Å². The molecule has 0 aliphatic heterocycles. The summed E-state index contributed by atoms with van der Waals surface area (Å²) in [6.45, 7) is 0. The standard InChI is InChI=1S/C19H13BrClNO5S/c20-13-10-11-17(16(21)12-13)27-22(14-6-2-1-3-7-14)28(25,26)18-9-5-4-8-15(18)19(23)24/h1-12H,(H,23,24). The van der Waals surface area contributed by atoms with E-state index in [0.717, 1.165) is 0 Å². The predicted octanol–water partition coefficient (Wildman–Crippen LogP) is 4.99. The Labute approximate surface area is 175 Å². The number of sulfonamides is 1. The number of hydrogen-bond acceptors (Lipinski definition) is 4. The summed E-state index contributed by atoms with van der Waals surface area (Å²) < 4.78 is 28.0. The maximum Gasteiger partial charge on any atom is 0.337 e. The minimum Gasteiger partial charge on any atom is -0.478 e. The Morgan fingerprint density at radius 3 is 2.29 bits per heavy atom. The molecule has 0 fully saturated rings. The van der Waals surface area contributed by atoms with Crippen molar-refractivity contribution in [3.8, 4) is 5.75 Å². The summed E-state index contributed by atoms with van der Waals surface area (Å²) in [5.74, 6) is -1.28. The lowest BCUT2D eigenvalue weighted by Gasteiger charge is -2.25. The van der Waals surface area contributed by atoms with Crippen molar-refractivity contribution >= 4 is 49.2 Å². The van der Waals surface area contributed by atoms with Gasteiger partial charge in [-0.1, -0.05) is 62.3 Å². The van der Waals surface area contributed by atoms with Crippen LogP contribution in [0.4, 0.5) is 5.69 Å². The van der Waals surface area contributed by atoms with Crippen molar-refractivity contribution in [3.05, 3.63) is 87.9 Å². The Bertz CT molecular complexity index is 1120. The summed E-state index contributed by atoms with van der Waals surface area (Å²) in [5, 5.41) is 9.57. The first-order valence-corrected chi connectivity index (χ1v) is 10.5. The fraction of sp³-hybridized carbons (Fsp3) is 0. The molecule has 0 saturated heterocycles. The highest BCUT2D eigenvalue weighted by atomic mass is 79.9. The summed E-state index contributed by atoms with van der Waals surface area (Å²) in [6.07, 6.45) is 0. The molecule has 144 valence electrons. The number of benzene rings is 3. The molecule has 0 bridgehead atoms. The largest absolute Gasteiger partial charge is 0.478 e. The number of carboxylic acids is 1. The molecule has 0 radical (unpaired) electrons. The van der Waals surface area contributed by atoms with Crippen molar-refractivity contribution < 1.29 is 23.2 Å². The Morgan fingerprint density at radius 2 is 1.64 bits per heavy atom. The number of aromatic carboxylic acids is 1. The first-order chi connectivity index (χ1) is 13.3. The maximum absolute atomic E-state index is 13.3. The Balaban J connectivity index is 2.16. The van der Waals surface area contributed by atoms with E-state index >= 15 is 0 Å². The highest BCUT2D eigenvalue weighted by Gasteiger charge is 2.31. The number of para-hydroxylation sites is 1. The summed E-state index contributed by atoms with van der Waals surface area (Å²) in [7, 11) is -4.39. The molecule has 3 rings (SSSR count). The Kier molecular flexibility index (Phi) is 5.93. The first kappa shape index (κ1) is 20.2. The van der Waals surface area contributed by atoms with E-state index in [1.807, 2.05) is 0 Å². The number of nitrogens with zero attached hydrogens (tertiary/aromatic N) is 1. The van der Waals surface area contributed by atoms with Gasteiger partial charge in [0.05, 0.1) is 16.3 Å². The number of rotatable bonds is 6. The molecule has 0 unspecified atom stereocenters. The fourth-order valence-corrected chi connectivity index (χ4v) is 4.53. The highest BCUT2D eigenvalue weighted by molar-refractivity contribution is 9.10. The Morgan fingerprint density at radius 1 is 1.00 bits per heavy atom. The van der Waals surface area contributed by atoms with Crippen LogP contribution in [-0.2, 0) is 10.0 Å². The molecule has 0 amide bonds. The predicted molar refractivity (Wildman–Crippen MR) is 109 cm³/mol. The summed E-state index contributed by atoms with van der Waals surface area (Å²) >= 11 is 9.44. The van der Waals surface area contributed by atoms with Gasteiger partial charge in [0.25, 0.3) is 10.0 Å². The van der Waals surface area contributed by atoms with Gasteiger partial charge in [0.1, 0.15) is 4.90 Å². The molecule has 9 heteroatoms. The van der Waals surface area contributed by atoms with Gasteiger partial charge in [0.2, 0.25) is 0 Å². The molecular formula is C19H13BrClNO5S. The quantitative estimate of drug-likeness (QED) is 0.500. The van der Waals surface area contributed by atoms with Crippen LogP contribution in [-0.4, -0.2) is 19.5 Å². The summed E-state index contributed by atoms with van der Waals surface area (Å²) in [5.41, 5.74) is -0.185. The normalized spacial score (nSPS) is 11.1. The van der Waals surface area contributed by atoms with Gasteiger partial charge in [0.15, 0.2) is 5.75 Å². The van der Waals surface area contributed by atoms with Crippen molar-refractivity contribution in [2.24, 2.45) is 0 Å². The van der Waals surface area contributed by atoms with Crippen LogP contribution in [0.1, 0.15) is 10.4 Å². The first-order valence-electron chi connectivity index (χ1n) is 7.86. The topological polar surface area (TPSA) is 83.9 Å². The second-order valence-electron chi connectivity index (χ2n) is 5.54. The van der Waals surface area contributed by atoms with Crippen LogP contribution in [0.25, 0.3) is 0 Å². The second-order valence-corrected chi connectivity index (χ2v) is 8.58. The van der Waals surface area contributed by atoms with Gasteiger partial charge in [-0.15, -0.1) is 0 Å². The lowest BCUT2D eigenvalue weighted by molar-refractivity contribution is 0.0692. The van der Waals surface area contributed by atoms with Gasteiger partial charge < -0.3 is 9.94 Å². The minimum absolute atomic E-state index is 0.0881. The lowest BCUT2D eigenvalue weighted by atomic mass is 10.2. The number of anilines is 1. The molecule has 0 saturated carbocycles. The Hall–Kier alpha value is -2.55. The summed E-state index contributed by atoms with van der Waals surface area (Å²) in [6, 6.07) is 18.0. The molecule has 0 spiro atoms. The number of carbonyl (C=O) groups is 1. The molecule has 6 nitrogen and oxygen atoms in total. The van der Waals surface area contributed by atoms with Crippen LogP contribution in [0.5, 0.6) is 5.75 Å². The number of hydrogen-bond donors (Lipinski definition) is 1. The van der Waals surface area contributed by atoms with E-state index in [0.29, 0.717) is 8.94 Å². The molecule has 0 aliphatic rings. The van der Waals surface area contributed by atoms with Crippen LogP contribution in [0.2, 0.25) is 5.02 Å². The third-order valence-corrected chi connectivity index (χ3v) is 6.08. The van der Waals surface area contributed by atoms with Gasteiger partial charge in [-0.25, -0.2) is 4.79 Å². The van der Waals surface area contributed by atoms with Crippen LogP contribution in [0.3, 0.4) is 0 Å². The van der Waals surface area contributed by atoms with Gasteiger partial charge >= 0.3 is 5.97 Å². The monoisotopic (exact) mass is 481 g/mol. The van der Waals surface area contributed by atoms with Crippen molar-refractivity contribution in [1.29, 1.82) is 0 Å². The van der Waals surface area contributed by atoms with Crippen LogP contribution < -0.4 is 9.31 Å². The van der Waals surface area contributed by atoms with Crippen molar-refractivity contribution in [2.45, 2.75) is 4.90 Å². The zero-order valence-corrected chi connectivity index (χ0v) is 17.3. The van der Waals surface area contributed by atoms with E-state index in [2.05, 4.69) is 15.9 Å². The third kappa shape index (κ3) is 4.14. The van der Waals surface area contributed by atoms with Crippen molar-refractivity contribution in [1.82, 2.24) is 0 Å². The molecule has 0 heterocycles. The average Bonchev–Trinajstić information content (AvgIpc) is 2.68. The molecule has 0 aromatic heterocycles. The lowest BCUT2D eigenvalue weighted by Crippen LogP contribution is -2.35. The zero-order valence-electron chi connectivity index (χ0n) is 14.1. The molecular weight excluding hydrogens is 470 g/mol. The van der Waals surface area contributed by atoms with Crippen molar-refractivity contribution in [2.75, 3.05) is 4.47 Å². The van der Waals surface area contributed by atoms with Crippen LogP contribution in [0.15, 0.2) is 82.2 Å². The summed E-state index contributed by atoms with van der Waals surface area (Å²) in [4.78, 5) is 16.8.